The fraction of sp³-hybridized carbons (Fsp3) is 0.0323. The first-order valence-corrected chi connectivity index (χ1v) is 12.6. The summed E-state index contributed by atoms with van der Waals surface area (Å²) in [5.74, 6) is -0.280. The number of benzene rings is 4. The molecule has 178 valence electrons. The van der Waals surface area contributed by atoms with Crippen molar-refractivity contribution in [3.63, 3.8) is 0 Å². The Labute approximate surface area is 223 Å². The Kier molecular flexibility index (Phi) is 5.69. The van der Waals surface area contributed by atoms with Gasteiger partial charge in [0.05, 0.1) is 17.3 Å². The van der Waals surface area contributed by atoms with Gasteiger partial charge in [-0.05, 0) is 41.8 Å². The number of aryl methyl sites for hydroxylation is 1. The lowest BCUT2D eigenvalue weighted by Crippen LogP contribution is -2.38. The lowest BCUT2D eigenvalue weighted by atomic mass is 9.76. The molecule has 0 saturated heterocycles. The fourth-order valence-electron chi connectivity index (χ4n) is 5.18. The highest BCUT2D eigenvalue weighted by molar-refractivity contribution is 6.52. The van der Waals surface area contributed by atoms with E-state index in [4.69, 9.17) is 4.42 Å². The summed E-state index contributed by atoms with van der Waals surface area (Å²) in [6.07, 6.45) is 0. The molecule has 0 aliphatic heterocycles. The van der Waals surface area contributed by atoms with Gasteiger partial charge in [0.2, 0.25) is 0 Å². The molecule has 0 bridgehead atoms. The highest BCUT2D eigenvalue weighted by Gasteiger charge is 2.21. The number of hydrogen-bond donors (Lipinski definition) is 0. The first kappa shape index (κ1) is 23.8. The van der Waals surface area contributed by atoms with E-state index in [1.807, 2.05) is 50.3 Å². The molecule has 0 N–H and O–H groups in total. The summed E-state index contributed by atoms with van der Waals surface area (Å²) in [6, 6.07) is 28.7. The van der Waals surface area contributed by atoms with Gasteiger partial charge >= 0.3 is 0 Å². The summed E-state index contributed by atoms with van der Waals surface area (Å²) in [5.41, 5.74) is 10.3. The molecule has 0 spiro atoms. The summed E-state index contributed by atoms with van der Waals surface area (Å²) < 4.78 is 21.1. The minimum atomic E-state index is -0.280. The lowest BCUT2D eigenvalue weighted by Gasteiger charge is -2.12. The number of halogens is 1. The maximum absolute atomic E-state index is 14.5. The highest BCUT2D eigenvalue weighted by atomic mass is 19.1. The van der Waals surface area contributed by atoms with Crippen LogP contribution in [-0.2, 0) is 0 Å². The molecule has 0 saturated carbocycles. The van der Waals surface area contributed by atoms with Crippen molar-refractivity contribution in [3.8, 4) is 39.6 Å². The third-order valence-electron chi connectivity index (χ3n) is 7.45. The quantitative estimate of drug-likeness (QED) is 0.359. The molecule has 38 heavy (non-hydrogen) atoms. The number of fused-ring (bicyclic) bond motifs is 3. The Bertz CT molecular complexity index is 1920. The van der Waals surface area contributed by atoms with E-state index in [2.05, 4.69) is 54.4 Å². The van der Waals surface area contributed by atoms with Gasteiger partial charge in [-0.1, -0.05) is 77.2 Å². The van der Waals surface area contributed by atoms with Crippen molar-refractivity contribution < 1.29 is 8.81 Å². The molecule has 0 unspecified atom stereocenters. The third kappa shape index (κ3) is 3.73. The summed E-state index contributed by atoms with van der Waals surface area (Å²) in [7, 11) is 5.34. The summed E-state index contributed by atoms with van der Waals surface area (Å²) >= 11 is 0. The molecule has 0 radical (unpaired) electrons. The van der Waals surface area contributed by atoms with Gasteiger partial charge in [0, 0.05) is 27.5 Å². The van der Waals surface area contributed by atoms with Crippen LogP contribution in [-0.4, -0.2) is 28.5 Å². The topological polar surface area (TPSA) is 49.8 Å². The standard InChI is InChI=1S/C31H22B3FN2O/c1-16-5-7-17(8-6-16)18-9-11-19(12-10-18)24-20(15-36)13-14-22-21-3-2-4-23(29(21)38-30(22)24)28-26(33)25(32)27(35)31(34)37-28/h2-14H,32-34H2,1H3. The molecule has 3 nitrogen and oxygen atoms in total. The molecule has 6 aromatic rings. The van der Waals surface area contributed by atoms with Crippen LogP contribution in [0.2, 0.25) is 0 Å². The van der Waals surface area contributed by atoms with Gasteiger partial charge in [0.25, 0.3) is 0 Å². The van der Waals surface area contributed by atoms with Gasteiger partial charge in [-0.25, -0.2) is 4.39 Å². The maximum Gasteiger partial charge on any atom is 0.167 e. The van der Waals surface area contributed by atoms with E-state index in [1.165, 1.54) is 5.56 Å². The second-order valence-corrected chi connectivity index (χ2v) is 9.81. The number of pyridine rings is 1. The number of para-hydroxylation sites is 1. The van der Waals surface area contributed by atoms with E-state index in [-0.39, 0.29) is 5.82 Å². The van der Waals surface area contributed by atoms with Crippen LogP contribution in [0.15, 0.2) is 83.3 Å². The minimum Gasteiger partial charge on any atom is -0.455 e. The first-order valence-electron chi connectivity index (χ1n) is 12.6. The molecule has 0 fully saturated rings. The van der Waals surface area contributed by atoms with Crippen molar-refractivity contribution >= 4 is 62.0 Å². The van der Waals surface area contributed by atoms with Crippen LogP contribution in [0.3, 0.4) is 0 Å². The summed E-state index contributed by atoms with van der Waals surface area (Å²) in [4.78, 5) is 4.59. The zero-order chi connectivity index (χ0) is 26.6. The van der Waals surface area contributed by atoms with E-state index in [0.717, 1.165) is 44.1 Å². The van der Waals surface area contributed by atoms with Crippen molar-refractivity contribution in [3.05, 3.63) is 95.8 Å². The average molecular weight is 490 g/mol. The van der Waals surface area contributed by atoms with Crippen molar-refractivity contribution in [2.24, 2.45) is 0 Å². The van der Waals surface area contributed by atoms with Crippen molar-refractivity contribution in [2.75, 3.05) is 0 Å². The Balaban J connectivity index is 1.57. The molecule has 0 amide bonds. The number of aromatic nitrogens is 1. The molecule has 0 atom stereocenters. The monoisotopic (exact) mass is 490 g/mol. The first-order chi connectivity index (χ1) is 18.4. The number of nitrogens with zero attached hydrogens (tertiary/aromatic N) is 2. The zero-order valence-electron chi connectivity index (χ0n) is 21.7. The van der Waals surface area contributed by atoms with E-state index in [9.17, 15) is 9.65 Å². The predicted octanol–water partition coefficient (Wildman–Crippen LogP) is 3.08. The van der Waals surface area contributed by atoms with Crippen molar-refractivity contribution in [2.45, 2.75) is 6.92 Å². The van der Waals surface area contributed by atoms with Gasteiger partial charge in [-0.2, -0.15) is 5.26 Å². The van der Waals surface area contributed by atoms with Crippen LogP contribution in [0, 0.1) is 24.1 Å². The number of rotatable bonds is 3. The van der Waals surface area contributed by atoms with Gasteiger partial charge in [0.1, 0.15) is 32.7 Å². The van der Waals surface area contributed by atoms with Crippen LogP contribution in [0.1, 0.15) is 11.1 Å². The molecule has 4 aromatic carbocycles. The smallest absolute Gasteiger partial charge is 0.167 e. The van der Waals surface area contributed by atoms with E-state index >= 15 is 0 Å². The zero-order valence-corrected chi connectivity index (χ0v) is 21.7. The van der Waals surface area contributed by atoms with Crippen LogP contribution in [0.4, 0.5) is 4.39 Å². The van der Waals surface area contributed by atoms with E-state index in [1.54, 1.807) is 15.7 Å². The highest BCUT2D eigenvalue weighted by Crippen LogP contribution is 2.41. The minimum absolute atomic E-state index is 0.280. The molecular weight excluding hydrogens is 468 g/mol. The van der Waals surface area contributed by atoms with Crippen molar-refractivity contribution in [1.29, 1.82) is 5.26 Å². The Morgan fingerprint density at radius 1 is 0.763 bits per heavy atom. The SMILES string of the molecule is Bc1nc(-c2cccc3c2oc2c(-c4ccc(-c5ccc(C)cc5)cc4)c(C#N)ccc23)c(B)c(B)c1F. The number of nitriles is 1. The molecule has 7 heteroatoms. The predicted molar refractivity (Wildman–Crippen MR) is 162 cm³/mol. The van der Waals surface area contributed by atoms with Gasteiger partial charge < -0.3 is 4.42 Å². The van der Waals surface area contributed by atoms with Crippen molar-refractivity contribution in [1.82, 2.24) is 4.98 Å². The van der Waals surface area contributed by atoms with E-state index < -0.39 is 0 Å². The second kappa shape index (κ2) is 9.08. The molecule has 0 aliphatic carbocycles. The molecule has 6 rings (SSSR count). The van der Waals surface area contributed by atoms with E-state index in [0.29, 0.717) is 33.5 Å². The van der Waals surface area contributed by atoms with Gasteiger partial charge in [-0.15, -0.1) is 0 Å². The fourth-order valence-corrected chi connectivity index (χ4v) is 5.18. The van der Waals surface area contributed by atoms with Crippen LogP contribution < -0.4 is 16.5 Å². The second-order valence-electron chi connectivity index (χ2n) is 9.81. The van der Waals surface area contributed by atoms with Gasteiger partial charge in [0.15, 0.2) is 7.85 Å². The van der Waals surface area contributed by atoms with Crippen LogP contribution >= 0.6 is 0 Å². The largest absolute Gasteiger partial charge is 0.455 e. The lowest BCUT2D eigenvalue weighted by molar-refractivity contribution is 0.641. The van der Waals surface area contributed by atoms with Gasteiger partial charge in [-0.3, -0.25) is 4.98 Å². The maximum atomic E-state index is 14.5. The Morgan fingerprint density at radius 3 is 2.08 bits per heavy atom. The number of hydrogen-bond acceptors (Lipinski definition) is 3. The number of furan rings is 1. The van der Waals surface area contributed by atoms with Crippen LogP contribution in [0.25, 0.3) is 55.4 Å². The molecule has 2 aromatic heterocycles. The molecule has 2 heterocycles. The third-order valence-corrected chi connectivity index (χ3v) is 7.45. The average Bonchev–Trinajstić information content (AvgIpc) is 3.33. The summed E-state index contributed by atoms with van der Waals surface area (Å²) in [6.45, 7) is 2.07. The Morgan fingerprint density at radius 2 is 1.39 bits per heavy atom. The summed E-state index contributed by atoms with van der Waals surface area (Å²) in [5, 5.41) is 11.8. The molecular formula is C31H22B3FN2O. The molecule has 0 aliphatic rings. The normalized spacial score (nSPS) is 11.2. The van der Waals surface area contributed by atoms with Crippen LogP contribution in [0.5, 0.6) is 0 Å². The Hall–Kier alpha value is -4.56.